The van der Waals surface area contributed by atoms with Crippen molar-refractivity contribution in [3.63, 3.8) is 0 Å². The number of halogens is 3. The summed E-state index contributed by atoms with van der Waals surface area (Å²) in [5.41, 5.74) is 4.65. The standard InChI is InChI=1S/C7H6ClF2N3O2/c8-2-4-3(6(9)10)1-5(13(14)15)12-7(4)11/h1,6H,2H2,(H2,11,12). The molecule has 0 fully saturated rings. The SMILES string of the molecule is Nc1nc([N+](=O)[O-])cc(C(F)F)c1CCl. The minimum absolute atomic E-state index is 0.0720. The van der Waals surface area contributed by atoms with Crippen LogP contribution in [-0.4, -0.2) is 9.91 Å². The van der Waals surface area contributed by atoms with Gasteiger partial charge >= 0.3 is 5.82 Å². The van der Waals surface area contributed by atoms with E-state index in [9.17, 15) is 18.9 Å². The molecule has 0 saturated carbocycles. The van der Waals surface area contributed by atoms with Crippen molar-refractivity contribution in [3.05, 3.63) is 27.3 Å². The Kier molecular flexibility index (Phi) is 3.35. The van der Waals surface area contributed by atoms with E-state index in [0.29, 0.717) is 6.07 Å². The monoisotopic (exact) mass is 237 g/mol. The van der Waals surface area contributed by atoms with Crippen LogP contribution in [0.15, 0.2) is 6.07 Å². The normalized spacial score (nSPS) is 10.7. The summed E-state index contributed by atoms with van der Waals surface area (Å²) in [6, 6.07) is 0.679. The minimum Gasteiger partial charge on any atom is -0.363 e. The number of nitrogens with two attached hydrogens (primary N) is 1. The zero-order valence-corrected chi connectivity index (χ0v) is 8.04. The molecule has 0 aliphatic heterocycles. The first-order chi connectivity index (χ1) is 6.97. The number of nitro groups is 1. The van der Waals surface area contributed by atoms with Crippen LogP contribution in [0, 0.1) is 10.1 Å². The summed E-state index contributed by atoms with van der Waals surface area (Å²) in [4.78, 5) is 12.8. The molecule has 8 heteroatoms. The van der Waals surface area contributed by atoms with E-state index in [1.807, 2.05) is 0 Å². The van der Waals surface area contributed by atoms with E-state index >= 15 is 0 Å². The highest BCUT2D eigenvalue weighted by Crippen LogP contribution is 2.30. The predicted octanol–water partition coefficient (Wildman–Crippen LogP) is 2.25. The molecule has 1 rings (SSSR count). The highest BCUT2D eigenvalue weighted by atomic mass is 35.5. The maximum Gasteiger partial charge on any atom is 0.366 e. The molecule has 0 radical (unpaired) electrons. The molecule has 0 saturated heterocycles. The molecule has 15 heavy (non-hydrogen) atoms. The number of anilines is 1. The lowest BCUT2D eigenvalue weighted by Crippen LogP contribution is -2.05. The first kappa shape index (κ1) is 11.6. The molecule has 5 nitrogen and oxygen atoms in total. The van der Waals surface area contributed by atoms with Gasteiger partial charge in [0.05, 0.1) is 5.88 Å². The quantitative estimate of drug-likeness (QED) is 0.497. The van der Waals surface area contributed by atoms with E-state index in [1.54, 1.807) is 0 Å². The lowest BCUT2D eigenvalue weighted by Gasteiger charge is -2.05. The first-order valence-electron chi connectivity index (χ1n) is 3.75. The number of nitrogen functional groups attached to an aromatic ring is 1. The summed E-state index contributed by atoms with van der Waals surface area (Å²) in [5, 5.41) is 10.3. The largest absolute Gasteiger partial charge is 0.366 e. The lowest BCUT2D eigenvalue weighted by atomic mass is 10.1. The fourth-order valence-corrected chi connectivity index (χ4v) is 1.32. The molecule has 0 amide bonds. The van der Waals surface area contributed by atoms with Crippen molar-refractivity contribution in [1.82, 2.24) is 4.98 Å². The van der Waals surface area contributed by atoms with Crippen molar-refractivity contribution in [2.75, 3.05) is 5.73 Å². The Morgan fingerprint density at radius 3 is 2.67 bits per heavy atom. The van der Waals surface area contributed by atoms with Crippen LogP contribution in [0.3, 0.4) is 0 Å². The Morgan fingerprint density at radius 2 is 2.27 bits per heavy atom. The van der Waals surface area contributed by atoms with Crippen molar-refractivity contribution in [2.45, 2.75) is 12.3 Å². The summed E-state index contributed by atoms with van der Waals surface area (Å²) in [6.07, 6.45) is -2.87. The summed E-state index contributed by atoms with van der Waals surface area (Å²) in [5.74, 6) is -1.32. The number of pyridine rings is 1. The molecule has 2 N–H and O–H groups in total. The van der Waals surface area contributed by atoms with Crippen molar-refractivity contribution >= 4 is 23.2 Å². The Bertz CT molecular complexity index is 400. The third kappa shape index (κ3) is 2.30. The van der Waals surface area contributed by atoms with Gasteiger partial charge in [0, 0.05) is 17.2 Å². The second-order valence-electron chi connectivity index (χ2n) is 2.62. The average Bonchev–Trinajstić information content (AvgIpc) is 2.16. The minimum atomic E-state index is -2.87. The van der Waals surface area contributed by atoms with E-state index < -0.39 is 22.7 Å². The van der Waals surface area contributed by atoms with Crippen LogP contribution in [0.25, 0.3) is 0 Å². The number of hydrogen-bond donors (Lipinski definition) is 1. The van der Waals surface area contributed by atoms with Gasteiger partial charge in [-0.05, 0) is 9.91 Å². The van der Waals surface area contributed by atoms with Gasteiger partial charge in [-0.3, -0.25) is 0 Å². The molecule has 0 aromatic carbocycles. The van der Waals surface area contributed by atoms with Gasteiger partial charge in [-0.15, -0.1) is 11.6 Å². The second-order valence-corrected chi connectivity index (χ2v) is 2.89. The van der Waals surface area contributed by atoms with E-state index in [1.165, 1.54) is 0 Å². The Balaban J connectivity index is 3.38. The van der Waals surface area contributed by atoms with Crippen LogP contribution in [0.2, 0.25) is 0 Å². The van der Waals surface area contributed by atoms with Gasteiger partial charge in [0.15, 0.2) is 0 Å². The Hall–Kier alpha value is -1.50. The molecule has 0 atom stereocenters. The highest BCUT2D eigenvalue weighted by molar-refractivity contribution is 6.17. The maximum absolute atomic E-state index is 12.5. The van der Waals surface area contributed by atoms with E-state index in [4.69, 9.17) is 17.3 Å². The van der Waals surface area contributed by atoms with Gasteiger partial charge in [-0.25, -0.2) is 8.78 Å². The van der Waals surface area contributed by atoms with Crippen LogP contribution in [0.4, 0.5) is 20.4 Å². The molecule has 1 heterocycles. The van der Waals surface area contributed by atoms with E-state index in [-0.39, 0.29) is 17.3 Å². The zero-order chi connectivity index (χ0) is 11.6. The predicted molar refractivity (Wildman–Crippen MR) is 49.8 cm³/mol. The Morgan fingerprint density at radius 1 is 1.67 bits per heavy atom. The highest BCUT2D eigenvalue weighted by Gasteiger charge is 2.23. The number of rotatable bonds is 3. The lowest BCUT2D eigenvalue weighted by molar-refractivity contribution is -0.389. The van der Waals surface area contributed by atoms with Gasteiger partial charge in [0.25, 0.3) is 6.43 Å². The third-order valence-corrected chi connectivity index (χ3v) is 2.00. The number of alkyl halides is 3. The van der Waals surface area contributed by atoms with Gasteiger partial charge in [0.2, 0.25) is 5.82 Å². The van der Waals surface area contributed by atoms with Crippen molar-refractivity contribution in [2.24, 2.45) is 0 Å². The van der Waals surface area contributed by atoms with Crippen molar-refractivity contribution in [3.8, 4) is 0 Å². The van der Waals surface area contributed by atoms with Crippen LogP contribution >= 0.6 is 11.6 Å². The number of aromatic nitrogens is 1. The molecular formula is C7H6ClF2N3O2. The molecule has 0 unspecified atom stereocenters. The maximum atomic E-state index is 12.5. The molecule has 82 valence electrons. The van der Waals surface area contributed by atoms with Crippen LogP contribution in [0.1, 0.15) is 17.6 Å². The fourth-order valence-electron chi connectivity index (χ4n) is 1.03. The van der Waals surface area contributed by atoms with Gasteiger partial charge in [0.1, 0.15) is 0 Å². The number of hydrogen-bond acceptors (Lipinski definition) is 4. The Labute approximate surface area is 88.0 Å². The van der Waals surface area contributed by atoms with Gasteiger partial charge in [-0.2, -0.15) is 0 Å². The van der Waals surface area contributed by atoms with E-state index in [2.05, 4.69) is 4.98 Å². The average molecular weight is 238 g/mol. The molecule has 0 spiro atoms. The van der Waals surface area contributed by atoms with Crippen LogP contribution in [-0.2, 0) is 5.88 Å². The topological polar surface area (TPSA) is 82.0 Å². The van der Waals surface area contributed by atoms with E-state index in [0.717, 1.165) is 0 Å². The molecular weight excluding hydrogens is 232 g/mol. The molecule has 0 aliphatic rings. The summed E-state index contributed by atoms with van der Waals surface area (Å²) < 4.78 is 24.9. The molecule has 1 aromatic rings. The van der Waals surface area contributed by atoms with Gasteiger partial charge in [-0.1, -0.05) is 0 Å². The third-order valence-electron chi connectivity index (χ3n) is 1.73. The molecule has 0 bridgehead atoms. The number of nitrogens with zero attached hydrogens (tertiary/aromatic N) is 2. The molecule has 1 aromatic heterocycles. The summed E-state index contributed by atoms with van der Waals surface area (Å²) >= 11 is 5.39. The molecule has 0 aliphatic carbocycles. The first-order valence-corrected chi connectivity index (χ1v) is 4.28. The van der Waals surface area contributed by atoms with Crippen LogP contribution in [0.5, 0.6) is 0 Å². The van der Waals surface area contributed by atoms with Crippen molar-refractivity contribution < 1.29 is 13.7 Å². The second kappa shape index (κ2) is 4.35. The van der Waals surface area contributed by atoms with Crippen molar-refractivity contribution in [1.29, 1.82) is 0 Å². The smallest absolute Gasteiger partial charge is 0.363 e. The van der Waals surface area contributed by atoms with Gasteiger partial charge < -0.3 is 15.8 Å². The summed E-state index contributed by atoms with van der Waals surface area (Å²) in [7, 11) is 0. The zero-order valence-electron chi connectivity index (χ0n) is 7.28. The fraction of sp³-hybridized carbons (Fsp3) is 0.286. The summed E-state index contributed by atoms with van der Waals surface area (Å²) in [6.45, 7) is 0. The van der Waals surface area contributed by atoms with Crippen LogP contribution < -0.4 is 5.73 Å².